The third-order valence-electron chi connectivity index (χ3n) is 3.35. The number of hydrogen-bond donors (Lipinski definition) is 2. The number of carbonyl (C=O) groups excluding carboxylic acids is 1. The van der Waals surface area contributed by atoms with Gasteiger partial charge in [-0.1, -0.05) is 0 Å². The van der Waals surface area contributed by atoms with Crippen LogP contribution in [0.2, 0.25) is 0 Å². The van der Waals surface area contributed by atoms with Gasteiger partial charge in [-0.3, -0.25) is 9.36 Å². The van der Waals surface area contributed by atoms with Crippen molar-refractivity contribution in [1.82, 2.24) is 25.2 Å². The van der Waals surface area contributed by atoms with Crippen molar-refractivity contribution in [2.24, 2.45) is 0 Å². The van der Waals surface area contributed by atoms with Crippen LogP contribution in [0.1, 0.15) is 22.5 Å². The number of carbonyl (C=O) groups is 1. The lowest BCUT2D eigenvalue weighted by Gasteiger charge is -2.12. The lowest BCUT2D eigenvalue weighted by atomic mass is 10.2. The van der Waals surface area contributed by atoms with Gasteiger partial charge in [0.05, 0.1) is 0 Å². The average molecular weight is 344 g/mol. The second-order valence-corrected chi connectivity index (χ2v) is 5.02. The van der Waals surface area contributed by atoms with Gasteiger partial charge in [0, 0.05) is 25.0 Å². The third kappa shape index (κ3) is 4.19. The van der Waals surface area contributed by atoms with Gasteiger partial charge in [-0.15, -0.1) is 24.8 Å². The number of amides is 1. The number of halogens is 2. The second kappa shape index (κ2) is 8.12. The molecule has 2 aromatic rings. The summed E-state index contributed by atoms with van der Waals surface area (Å²) >= 11 is 0. The Balaban J connectivity index is 0.00000121. The van der Waals surface area contributed by atoms with E-state index in [9.17, 15) is 4.79 Å². The van der Waals surface area contributed by atoms with E-state index in [2.05, 4.69) is 20.6 Å². The quantitative estimate of drug-likeness (QED) is 0.886. The molecule has 0 aliphatic carbocycles. The van der Waals surface area contributed by atoms with Crippen molar-refractivity contribution in [2.45, 2.75) is 19.4 Å². The maximum Gasteiger partial charge on any atom is 0.270 e. The molecular weight excluding hydrogens is 325 g/mol. The van der Waals surface area contributed by atoms with Gasteiger partial charge < -0.3 is 10.6 Å². The van der Waals surface area contributed by atoms with Crippen molar-refractivity contribution in [3.05, 3.63) is 42.1 Å². The van der Waals surface area contributed by atoms with Gasteiger partial charge in [0.2, 0.25) is 0 Å². The van der Waals surface area contributed by atoms with Crippen LogP contribution in [0.3, 0.4) is 0 Å². The zero-order valence-electron chi connectivity index (χ0n) is 12.2. The summed E-state index contributed by atoms with van der Waals surface area (Å²) in [5.41, 5.74) is 1.44. The highest BCUT2D eigenvalue weighted by atomic mass is 35.5. The van der Waals surface area contributed by atoms with Gasteiger partial charge in [0.15, 0.2) is 0 Å². The number of hydrogen-bond acceptors (Lipinski definition) is 4. The van der Waals surface area contributed by atoms with E-state index in [0.29, 0.717) is 11.5 Å². The van der Waals surface area contributed by atoms with Crippen LogP contribution < -0.4 is 10.6 Å². The molecule has 0 saturated carbocycles. The van der Waals surface area contributed by atoms with E-state index in [-0.39, 0.29) is 36.8 Å². The van der Waals surface area contributed by atoms with E-state index in [4.69, 9.17) is 0 Å². The van der Waals surface area contributed by atoms with Crippen molar-refractivity contribution < 1.29 is 4.79 Å². The molecule has 1 saturated heterocycles. The Hall–Kier alpha value is -1.63. The highest BCUT2D eigenvalue weighted by Crippen LogP contribution is 2.10. The van der Waals surface area contributed by atoms with Gasteiger partial charge in [-0.25, -0.2) is 9.97 Å². The molecule has 22 heavy (non-hydrogen) atoms. The molecule has 1 aliphatic rings. The molecule has 1 amide bonds. The molecule has 1 atom stereocenters. The SMILES string of the molecule is Cc1cc(C(=O)N[C@@H]2CCNC2)nc(-n2ccnc2)c1.Cl.Cl. The van der Waals surface area contributed by atoms with Crippen LogP contribution in [-0.4, -0.2) is 39.6 Å². The Labute approximate surface area is 141 Å². The first-order valence-corrected chi connectivity index (χ1v) is 6.71. The summed E-state index contributed by atoms with van der Waals surface area (Å²) in [5, 5.41) is 6.23. The van der Waals surface area contributed by atoms with Crippen LogP contribution in [0.5, 0.6) is 0 Å². The number of aromatic nitrogens is 3. The number of aryl methyl sites for hydroxylation is 1. The Kier molecular flexibility index (Phi) is 6.80. The Bertz CT molecular complexity index is 612. The summed E-state index contributed by atoms with van der Waals surface area (Å²) in [5.74, 6) is 0.584. The molecule has 6 nitrogen and oxygen atoms in total. The number of pyridine rings is 1. The molecule has 0 radical (unpaired) electrons. The fourth-order valence-electron chi connectivity index (χ4n) is 2.33. The van der Waals surface area contributed by atoms with Crippen molar-refractivity contribution in [3.63, 3.8) is 0 Å². The zero-order valence-corrected chi connectivity index (χ0v) is 13.8. The maximum absolute atomic E-state index is 12.2. The molecule has 1 fully saturated rings. The lowest BCUT2D eigenvalue weighted by Crippen LogP contribution is -2.36. The number of imidazole rings is 1. The van der Waals surface area contributed by atoms with Gasteiger partial charge in [0.25, 0.3) is 5.91 Å². The summed E-state index contributed by atoms with van der Waals surface area (Å²) in [7, 11) is 0. The van der Waals surface area contributed by atoms with Crippen LogP contribution >= 0.6 is 24.8 Å². The number of nitrogens with one attached hydrogen (secondary N) is 2. The van der Waals surface area contributed by atoms with E-state index in [1.807, 2.05) is 19.2 Å². The minimum absolute atomic E-state index is 0. The summed E-state index contributed by atoms with van der Waals surface area (Å²) in [4.78, 5) is 20.7. The van der Waals surface area contributed by atoms with Gasteiger partial charge in [-0.2, -0.15) is 0 Å². The van der Waals surface area contributed by atoms with E-state index >= 15 is 0 Å². The molecule has 3 heterocycles. The molecule has 0 spiro atoms. The fourth-order valence-corrected chi connectivity index (χ4v) is 2.33. The van der Waals surface area contributed by atoms with Crippen molar-refractivity contribution >= 4 is 30.7 Å². The highest BCUT2D eigenvalue weighted by Gasteiger charge is 2.18. The highest BCUT2D eigenvalue weighted by molar-refractivity contribution is 5.92. The Morgan fingerprint density at radius 2 is 2.23 bits per heavy atom. The monoisotopic (exact) mass is 343 g/mol. The van der Waals surface area contributed by atoms with Crippen molar-refractivity contribution in [1.29, 1.82) is 0 Å². The predicted octanol–water partition coefficient (Wildman–Crippen LogP) is 1.51. The Morgan fingerprint density at radius 3 is 2.86 bits per heavy atom. The Morgan fingerprint density at radius 1 is 1.41 bits per heavy atom. The van der Waals surface area contributed by atoms with Gasteiger partial charge >= 0.3 is 0 Å². The van der Waals surface area contributed by atoms with Crippen molar-refractivity contribution in [3.8, 4) is 5.82 Å². The van der Waals surface area contributed by atoms with E-state index < -0.39 is 0 Å². The first kappa shape index (κ1) is 18.4. The minimum Gasteiger partial charge on any atom is -0.347 e. The topological polar surface area (TPSA) is 71.8 Å². The minimum atomic E-state index is -0.122. The molecular formula is C14H19Cl2N5O. The molecule has 1 aliphatic heterocycles. The first-order chi connectivity index (χ1) is 9.72. The summed E-state index contributed by atoms with van der Waals surface area (Å²) in [6.07, 6.45) is 6.13. The summed E-state index contributed by atoms with van der Waals surface area (Å²) in [6, 6.07) is 3.93. The van der Waals surface area contributed by atoms with Crippen molar-refractivity contribution in [2.75, 3.05) is 13.1 Å². The zero-order chi connectivity index (χ0) is 13.9. The normalized spacial score (nSPS) is 16.5. The van der Waals surface area contributed by atoms with Crippen LogP contribution in [0, 0.1) is 6.92 Å². The second-order valence-electron chi connectivity index (χ2n) is 5.02. The molecule has 8 heteroatoms. The van der Waals surface area contributed by atoms with Crippen LogP contribution in [0.25, 0.3) is 5.82 Å². The largest absolute Gasteiger partial charge is 0.347 e. The van der Waals surface area contributed by atoms with Crippen LogP contribution in [0.4, 0.5) is 0 Å². The first-order valence-electron chi connectivity index (χ1n) is 6.71. The predicted molar refractivity (Wildman–Crippen MR) is 89.3 cm³/mol. The molecule has 120 valence electrons. The molecule has 2 N–H and O–H groups in total. The van der Waals surface area contributed by atoms with Gasteiger partial charge in [0.1, 0.15) is 17.8 Å². The van der Waals surface area contributed by atoms with E-state index in [1.165, 1.54) is 0 Å². The smallest absolute Gasteiger partial charge is 0.270 e. The molecule has 3 rings (SSSR count). The summed E-state index contributed by atoms with van der Waals surface area (Å²) < 4.78 is 1.79. The average Bonchev–Trinajstić information content (AvgIpc) is 3.11. The third-order valence-corrected chi connectivity index (χ3v) is 3.35. The lowest BCUT2D eigenvalue weighted by molar-refractivity contribution is 0.0935. The summed E-state index contributed by atoms with van der Waals surface area (Å²) in [6.45, 7) is 3.73. The molecule has 0 unspecified atom stereocenters. The van der Waals surface area contributed by atoms with E-state index in [0.717, 1.165) is 25.1 Å². The molecule has 2 aromatic heterocycles. The van der Waals surface area contributed by atoms with Crippen LogP contribution in [0.15, 0.2) is 30.9 Å². The fraction of sp³-hybridized carbons (Fsp3) is 0.357. The molecule has 0 bridgehead atoms. The van der Waals surface area contributed by atoms with Crippen LogP contribution in [-0.2, 0) is 0 Å². The van der Waals surface area contributed by atoms with Gasteiger partial charge in [-0.05, 0) is 37.6 Å². The maximum atomic E-state index is 12.2. The number of rotatable bonds is 3. The standard InChI is InChI=1S/C14H17N5O.2ClH/c1-10-6-12(14(20)17-11-2-3-15-8-11)18-13(7-10)19-5-4-16-9-19;;/h4-7,9,11,15H,2-3,8H2,1H3,(H,17,20);2*1H/t11-;;/m1../s1. The molecule has 0 aromatic carbocycles. The number of nitrogens with zero attached hydrogens (tertiary/aromatic N) is 3. The van der Waals surface area contributed by atoms with E-state index in [1.54, 1.807) is 23.2 Å².